The Morgan fingerprint density at radius 2 is 2.20 bits per heavy atom. The fourth-order valence-electron chi connectivity index (χ4n) is 1.40. The van der Waals surface area contributed by atoms with E-state index >= 15 is 0 Å². The maximum Gasteiger partial charge on any atom is 0.336 e. The number of carbonyl (C=O) groups is 1. The van der Waals surface area contributed by atoms with Crippen LogP contribution in [-0.2, 0) is 4.79 Å². The van der Waals surface area contributed by atoms with E-state index in [0.717, 1.165) is 0 Å². The van der Waals surface area contributed by atoms with E-state index < -0.39 is 17.8 Å². The SMILES string of the molecule is COc1n[nH]c(NC(=O)C(C)Oc2ccccc2F)n1. The zero-order valence-corrected chi connectivity index (χ0v) is 10.9. The highest BCUT2D eigenvalue weighted by molar-refractivity contribution is 5.92. The first-order valence-corrected chi connectivity index (χ1v) is 5.78. The highest BCUT2D eigenvalue weighted by atomic mass is 19.1. The Labute approximate surface area is 114 Å². The van der Waals surface area contributed by atoms with Crippen LogP contribution in [0.5, 0.6) is 11.8 Å². The summed E-state index contributed by atoms with van der Waals surface area (Å²) in [6.45, 7) is 1.50. The average molecular weight is 280 g/mol. The number of hydrogen-bond donors (Lipinski definition) is 2. The van der Waals surface area contributed by atoms with Crippen molar-refractivity contribution in [2.45, 2.75) is 13.0 Å². The Balaban J connectivity index is 1.97. The van der Waals surface area contributed by atoms with E-state index in [4.69, 9.17) is 9.47 Å². The molecule has 0 aliphatic heterocycles. The van der Waals surface area contributed by atoms with Crippen LogP contribution in [0, 0.1) is 5.82 Å². The normalized spacial score (nSPS) is 11.8. The summed E-state index contributed by atoms with van der Waals surface area (Å²) in [6.07, 6.45) is -0.900. The molecule has 20 heavy (non-hydrogen) atoms. The second kappa shape index (κ2) is 6.00. The number of methoxy groups -OCH3 is 1. The van der Waals surface area contributed by atoms with E-state index in [-0.39, 0.29) is 17.7 Å². The molecule has 1 atom stereocenters. The Kier molecular flexibility index (Phi) is 4.14. The third kappa shape index (κ3) is 3.22. The summed E-state index contributed by atoms with van der Waals surface area (Å²) in [5, 5.41) is 8.58. The van der Waals surface area contributed by atoms with Crippen LogP contribution in [0.15, 0.2) is 24.3 Å². The van der Waals surface area contributed by atoms with E-state index in [2.05, 4.69) is 20.5 Å². The first kappa shape index (κ1) is 13.8. The quantitative estimate of drug-likeness (QED) is 0.863. The van der Waals surface area contributed by atoms with Gasteiger partial charge in [-0.3, -0.25) is 10.1 Å². The molecule has 0 fully saturated rings. The van der Waals surface area contributed by atoms with Crippen molar-refractivity contribution in [3.8, 4) is 11.8 Å². The van der Waals surface area contributed by atoms with Crippen molar-refractivity contribution in [3.05, 3.63) is 30.1 Å². The van der Waals surface area contributed by atoms with Crippen LogP contribution in [0.4, 0.5) is 10.3 Å². The number of carbonyl (C=O) groups excluding carboxylic acids is 1. The first-order valence-electron chi connectivity index (χ1n) is 5.78. The number of anilines is 1. The average Bonchev–Trinajstić information content (AvgIpc) is 2.89. The molecule has 0 radical (unpaired) electrons. The molecule has 0 bridgehead atoms. The fraction of sp³-hybridized carbons (Fsp3) is 0.250. The Morgan fingerprint density at radius 1 is 1.45 bits per heavy atom. The van der Waals surface area contributed by atoms with Crippen LogP contribution in [0.2, 0.25) is 0 Å². The Bertz CT molecular complexity index is 602. The predicted molar refractivity (Wildman–Crippen MR) is 68.1 cm³/mol. The van der Waals surface area contributed by atoms with Gasteiger partial charge >= 0.3 is 6.01 Å². The molecular formula is C12H13FN4O3. The minimum Gasteiger partial charge on any atom is -0.478 e. The van der Waals surface area contributed by atoms with Gasteiger partial charge in [0.25, 0.3) is 5.91 Å². The van der Waals surface area contributed by atoms with E-state index in [0.29, 0.717) is 0 Å². The molecular weight excluding hydrogens is 267 g/mol. The molecule has 0 aliphatic rings. The summed E-state index contributed by atoms with van der Waals surface area (Å²) in [6, 6.07) is 5.94. The van der Waals surface area contributed by atoms with Gasteiger partial charge in [0, 0.05) is 0 Å². The first-order chi connectivity index (χ1) is 9.60. The molecule has 0 spiro atoms. The Hall–Kier alpha value is -2.64. The smallest absolute Gasteiger partial charge is 0.336 e. The van der Waals surface area contributed by atoms with Gasteiger partial charge in [0.15, 0.2) is 17.7 Å². The van der Waals surface area contributed by atoms with Crippen LogP contribution in [0.1, 0.15) is 6.92 Å². The lowest BCUT2D eigenvalue weighted by Gasteiger charge is -2.13. The number of halogens is 1. The van der Waals surface area contributed by atoms with Crippen molar-refractivity contribution in [2.75, 3.05) is 12.4 Å². The molecule has 2 N–H and O–H groups in total. The molecule has 1 aromatic heterocycles. The summed E-state index contributed by atoms with van der Waals surface area (Å²) in [5.41, 5.74) is 0. The fourth-order valence-corrected chi connectivity index (χ4v) is 1.40. The number of aromatic nitrogens is 3. The van der Waals surface area contributed by atoms with Crippen molar-refractivity contribution in [2.24, 2.45) is 0 Å². The lowest BCUT2D eigenvalue weighted by molar-refractivity contribution is -0.122. The van der Waals surface area contributed by atoms with Gasteiger partial charge in [0.2, 0.25) is 5.95 Å². The number of benzene rings is 1. The van der Waals surface area contributed by atoms with Crippen molar-refractivity contribution >= 4 is 11.9 Å². The minimum absolute atomic E-state index is 0.00491. The van der Waals surface area contributed by atoms with Gasteiger partial charge in [-0.25, -0.2) is 9.49 Å². The van der Waals surface area contributed by atoms with Gasteiger partial charge in [-0.15, -0.1) is 5.10 Å². The topological polar surface area (TPSA) is 89.1 Å². The van der Waals surface area contributed by atoms with Gasteiger partial charge in [-0.2, -0.15) is 4.98 Å². The molecule has 1 amide bonds. The summed E-state index contributed by atoms with van der Waals surface area (Å²) >= 11 is 0. The number of hydrogen-bond acceptors (Lipinski definition) is 5. The van der Waals surface area contributed by atoms with Crippen molar-refractivity contribution in [3.63, 3.8) is 0 Å². The zero-order valence-electron chi connectivity index (χ0n) is 10.9. The monoisotopic (exact) mass is 280 g/mol. The number of rotatable bonds is 5. The highest BCUT2D eigenvalue weighted by Crippen LogP contribution is 2.17. The molecule has 0 saturated heterocycles. The van der Waals surface area contributed by atoms with Gasteiger partial charge in [-0.05, 0) is 19.1 Å². The number of aromatic amines is 1. The van der Waals surface area contributed by atoms with E-state index in [1.54, 1.807) is 6.07 Å². The molecule has 106 valence electrons. The van der Waals surface area contributed by atoms with E-state index in [1.807, 2.05) is 0 Å². The second-order valence-corrected chi connectivity index (χ2v) is 3.85. The summed E-state index contributed by atoms with van der Waals surface area (Å²) in [5.74, 6) is -0.901. The number of para-hydroxylation sites is 1. The number of ether oxygens (including phenoxy) is 2. The molecule has 1 heterocycles. The van der Waals surface area contributed by atoms with Crippen molar-refractivity contribution in [1.82, 2.24) is 15.2 Å². The molecule has 7 nitrogen and oxygen atoms in total. The highest BCUT2D eigenvalue weighted by Gasteiger charge is 2.18. The molecule has 1 aromatic carbocycles. The maximum absolute atomic E-state index is 13.4. The van der Waals surface area contributed by atoms with Crippen LogP contribution >= 0.6 is 0 Å². The molecule has 0 saturated carbocycles. The predicted octanol–water partition coefficient (Wildman–Crippen LogP) is 1.36. The standard InChI is InChI=1S/C12H13FN4O3/c1-7(20-9-6-4-3-5-8(9)13)10(18)14-11-15-12(19-2)17-16-11/h3-7H,1-2H3,(H2,14,15,16,17,18). The maximum atomic E-state index is 13.4. The molecule has 2 rings (SSSR count). The van der Waals surface area contributed by atoms with Crippen LogP contribution in [0.25, 0.3) is 0 Å². The lowest BCUT2D eigenvalue weighted by atomic mass is 10.3. The Morgan fingerprint density at radius 3 is 2.85 bits per heavy atom. The summed E-state index contributed by atoms with van der Waals surface area (Å²) < 4.78 is 23.4. The minimum atomic E-state index is -0.900. The number of H-pyrrole nitrogens is 1. The van der Waals surface area contributed by atoms with Crippen molar-refractivity contribution < 1.29 is 18.7 Å². The lowest BCUT2D eigenvalue weighted by Crippen LogP contribution is -2.30. The molecule has 2 aromatic rings. The molecule has 0 aliphatic carbocycles. The molecule has 1 unspecified atom stereocenters. The zero-order chi connectivity index (χ0) is 14.5. The summed E-state index contributed by atoms with van der Waals surface area (Å²) in [4.78, 5) is 15.7. The van der Waals surface area contributed by atoms with Crippen LogP contribution < -0.4 is 14.8 Å². The van der Waals surface area contributed by atoms with Gasteiger partial charge in [0.05, 0.1) is 7.11 Å². The van der Waals surface area contributed by atoms with Gasteiger partial charge in [0.1, 0.15) is 0 Å². The van der Waals surface area contributed by atoms with E-state index in [1.165, 1.54) is 32.2 Å². The number of nitrogens with one attached hydrogen (secondary N) is 2. The van der Waals surface area contributed by atoms with Gasteiger partial charge < -0.3 is 9.47 Å². The third-order valence-corrected chi connectivity index (χ3v) is 2.40. The van der Waals surface area contributed by atoms with Crippen LogP contribution in [-0.4, -0.2) is 34.3 Å². The molecule has 8 heteroatoms. The van der Waals surface area contributed by atoms with Gasteiger partial charge in [-0.1, -0.05) is 12.1 Å². The number of amides is 1. The van der Waals surface area contributed by atoms with Crippen molar-refractivity contribution in [1.29, 1.82) is 0 Å². The number of nitrogens with zero attached hydrogens (tertiary/aromatic N) is 2. The third-order valence-electron chi connectivity index (χ3n) is 2.40. The second-order valence-electron chi connectivity index (χ2n) is 3.85. The van der Waals surface area contributed by atoms with Crippen LogP contribution in [0.3, 0.4) is 0 Å². The largest absolute Gasteiger partial charge is 0.478 e. The van der Waals surface area contributed by atoms with E-state index in [9.17, 15) is 9.18 Å². The summed E-state index contributed by atoms with van der Waals surface area (Å²) in [7, 11) is 1.40.